The number of aliphatic hydroxyl groups excluding tert-OH is 1. The van der Waals surface area contributed by atoms with Gasteiger partial charge in [0.05, 0.1) is 5.60 Å². The third-order valence-corrected chi connectivity index (χ3v) is 3.54. The summed E-state index contributed by atoms with van der Waals surface area (Å²) in [6, 6.07) is 0. The third-order valence-electron chi connectivity index (χ3n) is 3.54. The van der Waals surface area contributed by atoms with Crippen molar-refractivity contribution < 1.29 is 10.2 Å². The molecule has 2 heteroatoms. The number of rotatable bonds is 3. The normalized spacial score (nSPS) is 47.1. The minimum Gasteiger partial charge on any atom is -0.396 e. The van der Waals surface area contributed by atoms with E-state index in [1.807, 2.05) is 0 Å². The average Bonchev–Trinajstić information content (AvgIpc) is 2.57. The molecule has 2 aliphatic rings. The molecule has 1 fully saturated rings. The fraction of sp³-hybridized carbons (Fsp3) is 0.636. The van der Waals surface area contributed by atoms with Crippen molar-refractivity contribution in [3.05, 3.63) is 24.8 Å². The number of fused-ring (bicyclic) bond motifs is 2. The molecule has 2 aliphatic carbocycles. The number of hydrogen-bond acceptors (Lipinski definition) is 2. The fourth-order valence-corrected chi connectivity index (χ4v) is 2.86. The highest BCUT2D eigenvalue weighted by Crippen LogP contribution is 2.52. The molecule has 2 nitrogen and oxygen atoms in total. The molecule has 0 spiro atoms. The molecule has 0 heterocycles. The van der Waals surface area contributed by atoms with Crippen molar-refractivity contribution in [2.75, 3.05) is 6.61 Å². The van der Waals surface area contributed by atoms with Gasteiger partial charge in [0, 0.05) is 18.4 Å². The van der Waals surface area contributed by atoms with Crippen LogP contribution in [0.1, 0.15) is 12.8 Å². The minimum absolute atomic E-state index is 0.139. The van der Waals surface area contributed by atoms with Gasteiger partial charge in [0.2, 0.25) is 0 Å². The first-order valence-electron chi connectivity index (χ1n) is 4.85. The van der Waals surface area contributed by atoms with Crippen LogP contribution in [0.25, 0.3) is 0 Å². The van der Waals surface area contributed by atoms with E-state index in [0.29, 0.717) is 6.42 Å². The highest BCUT2D eigenvalue weighted by Gasteiger charge is 2.54. The van der Waals surface area contributed by atoms with Crippen LogP contribution >= 0.6 is 0 Å². The van der Waals surface area contributed by atoms with Crippen LogP contribution in [0.5, 0.6) is 0 Å². The summed E-state index contributed by atoms with van der Waals surface area (Å²) in [5, 5.41) is 19.5. The second kappa shape index (κ2) is 2.96. The summed E-state index contributed by atoms with van der Waals surface area (Å²) >= 11 is 0. The van der Waals surface area contributed by atoms with E-state index >= 15 is 0 Å². The Kier molecular flexibility index (Phi) is 2.05. The lowest BCUT2D eigenvalue weighted by molar-refractivity contribution is -0.00271. The quantitative estimate of drug-likeness (QED) is 0.639. The summed E-state index contributed by atoms with van der Waals surface area (Å²) in [6.07, 6.45) is 7.46. The fourth-order valence-electron chi connectivity index (χ4n) is 2.86. The van der Waals surface area contributed by atoms with Gasteiger partial charge in [-0.15, -0.1) is 6.58 Å². The predicted octanol–water partition coefficient (Wildman–Crippen LogP) is 1.11. The molecular formula is C11H16O2. The van der Waals surface area contributed by atoms with Gasteiger partial charge in [-0.1, -0.05) is 18.2 Å². The van der Waals surface area contributed by atoms with Crippen molar-refractivity contribution in [1.29, 1.82) is 0 Å². The molecule has 2 rings (SSSR count). The summed E-state index contributed by atoms with van der Waals surface area (Å²) in [5.74, 6) is 0.619. The van der Waals surface area contributed by atoms with Gasteiger partial charge in [0.25, 0.3) is 0 Å². The third kappa shape index (κ3) is 1.09. The smallest absolute Gasteiger partial charge is 0.0809 e. The standard InChI is InChI=1S/C11H16O2/c1-2-5-11(13)9-3-4-10(11)8(6-9)7-12/h2-4,8-10,12-13H,1,5-7H2/t8-,9-,10+,11+/m0/s1. The molecule has 2 N–H and O–H groups in total. The first-order chi connectivity index (χ1) is 6.22. The first-order valence-corrected chi connectivity index (χ1v) is 4.85. The summed E-state index contributed by atoms with van der Waals surface area (Å²) in [5.41, 5.74) is -0.644. The number of aliphatic hydroxyl groups is 2. The zero-order chi connectivity index (χ0) is 9.47. The van der Waals surface area contributed by atoms with Crippen LogP contribution in [0, 0.1) is 17.8 Å². The summed E-state index contributed by atoms with van der Waals surface area (Å²) in [4.78, 5) is 0. The molecular weight excluding hydrogens is 164 g/mol. The van der Waals surface area contributed by atoms with Crippen LogP contribution in [-0.2, 0) is 0 Å². The van der Waals surface area contributed by atoms with E-state index in [4.69, 9.17) is 5.11 Å². The lowest BCUT2D eigenvalue weighted by atomic mass is 9.85. The van der Waals surface area contributed by atoms with Gasteiger partial charge in [0.15, 0.2) is 0 Å². The molecule has 0 radical (unpaired) electrons. The lowest BCUT2D eigenvalue weighted by Gasteiger charge is -2.28. The van der Waals surface area contributed by atoms with E-state index in [2.05, 4.69) is 18.7 Å². The molecule has 0 aromatic heterocycles. The average molecular weight is 180 g/mol. The van der Waals surface area contributed by atoms with Crippen molar-refractivity contribution in [1.82, 2.24) is 0 Å². The first kappa shape index (κ1) is 8.97. The highest BCUT2D eigenvalue weighted by molar-refractivity contribution is 5.23. The molecule has 13 heavy (non-hydrogen) atoms. The van der Waals surface area contributed by atoms with Crippen molar-refractivity contribution in [2.45, 2.75) is 18.4 Å². The second-order valence-electron chi connectivity index (χ2n) is 4.18. The van der Waals surface area contributed by atoms with Crippen molar-refractivity contribution in [3.63, 3.8) is 0 Å². The van der Waals surface area contributed by atoms with Gasteiger partial charge in [-0.3, -0.25) is 0 Å². The Morgan fingerprint density at radius 1 is 1.54 bits per heavy atom. The maximum Gasteiger partial charge on any atom is 0.0809 e. The van der Waals surface area contributed by atoms with Crippen LogP contribution in [0.3, 0.4) is 0 Å². The molecule has 0 amide bonds. The van der Waals surface area contributed by atoms with Crippen molar-refractivity contribution in [2.24, 2.45) is 17.8 Å². The Hall–Kier alpha value is -0.600. The molecule has 0 saturated heterocycles. The highest BCUT2D eigenvalue weighted by atomic mass is 16.3. The molecule has 4 atom stereocenters. The Labute approximate surface area is 78.6 Å². The zero-order valence-electron chi connectivity index (χ0n) is 7.69. The van der Waals surface area contributed by atoms with E-state index in [1.54, 1.807) is 6.08 Å². The maximum atomic E-state index is 10.3. The summed E-state index contributed by atoms with van der Waals surface area (Å²) in [6.45, 7) is 3.85. The SMILES string of the molecule is C=CC[C@]1(O)[C@@H]2C=C[C@H]1C[C@H]2CO. The monoisotopic (exact) mass is 180 g/mol. The molecule has 0 aromatic rings. The van der Waals surface area contributed by atoms with Crippen molar-refractivity contribution >= 4 is 0 Å². The summed E-state index contributed by atoms with van der Waals surface area (Å²) < 4.78 is 0. The molecule has 1 saturated carbocycles. The Morgan fingerprint density at radius 2 is 2.31 bits per heavy atom. The largest absolute Gasteiger partial charge is 0.396 e. The van der Waals surface area contributed by atoms with E-state index in [9.17, 15) is 5.11 Å². The van der Waals surface area contributed by atoms with E-state index in [1.165, 1.54) is 0 Å². The molecule has 72 valence electrons. The van der Waals surface area contributed by atoms with E-state index in [-0.39, 0.29) is 24.4 Å². The van der Waals surface area contributed by atoms with Gasteiger partial charge in [-0.2, -0.15) is 0 Å². The molecule has 2 bridgehead atoms. The van der Waals surface area contributed by atoms with Gasteiger partial charge in [-0.05, 0) is 18.8 Å². The minimum atomic E-state index is -0.644. The van der Waals surface area contributed by atoms with Crippen LogP contribution in [-0.4, -0.2) is 22.4 Å². The van der Waals surface area contributed by atoms with E-state index in [0.717, 1.165) is 6.42 Å². The Balaban J connectivity index is 2.21. The maximum absolute atomic E-state index is 10.3. The Morgan fingerprint density at radius 3 is 2.85 bits per heavy atom. The van der Waals surface area contributed by atoms with Gasteiger partial charge < -0.3 is 10.2 Å². The van der Waals surface area contributed by atoms with Crippen LogP contribution in [0.2, 0.25) is 0 Å². The topological polar surface area (TPSA) is 40.5 Å². The lowest BCUT2D eigenvalue weighted by Crippen LogP contribution is -2.35. The van der Waals surface area contributed by atoms with Crippen LogP contribution in [0.15, 0.2) is 24.8 Å². The molecule has 0 aliphatic heterocycles. The molecule has 0 unspecified atom stereocenters. The van der Waals surface area contributed by atoms with Crippen LogP contribution < -0.4 is 0 Å². The van der Waals surface area contributed by atoms with Gasteiger partial charge >= 0.3 is 0 Å². The van der Waals surface area contributed by atoms with Gasteiger partial charge in [0.1, 0.15) is 0 Å². The zero-order valence-corrected chi connectivity index (χ0v) is 7.69. The van der Waals surface area contributed by atoms with Crippen LogP contribution in [0.4, 0.5) is 0 Å². The number of hydrogen-bond donors (Lipinski definition) is 2. The summed E-state index contributed by atoms with van der Waals surface area (Å²) in [7, 11) is 0. The van der Waals surface area contributed by atoms with Crippen molar-refractivity contribution in [3.8, 4) is 0 Å². The van der Waals surface area contributed by atoms with Gasteiger partial charge in [-0.25, -0.2) is 0 Å². The predicted molar refractivity (Wildman–Crippen MR) is 51.1 cm³/mol. The molecule has 0 aromatic carbocycles. The van der Waals surface area contributed by atoms with E-state index < -0.39 is 5.60 Å². The second-order valence-corrected chi connectivity index (χ2v) is 4.18. The Bertz CT molecular complexity index is 246.